The van der Waals surface area contributed by atoms with Gasteiger partial charge in [-0.1, -0.05) is 66.7 Å². The van der Waals surface area contributed by atoms with Crippen LogP contribution in [0.15, 0.2) is 84.9 Å². The third-order valence-corrected chi connectivity index (χ3v) is 6.73. The van der Waals surface area contributed by atoms with Crippen molar-refractivity contribution in [1.82, 2.24) is 0 Å². The highest BCUT2D eigenvalue weighted by molar-refractivity contribution is 6.21. The second-order valence-corrected chi connectivity index (χ2v) is 8.34. The first-order chi connectivity index (χ1) is 16.9. The van der Waals surface area contributed by atoms with Gasteiger partial charge in [-0.05, 0) is 18.2 Å². The van der Waals surface area contributed by atoms with Crippen LogP contribution in [-0.4, -0.2) is 44.7 Å². The minimum Gasteiger partial charge on any atom is -0.466 e. The van der Waals surface area contributed by atoms with Crippen molar-refractivity contribution in [3.05, 3.63) is 96.1 Å². The van der Waals surface area contributed by atoms with Crippen LogP contribution in [0.3, 0.4) is 0 Å². The maximum absolute atomic E-state index is 14.4. The zero-order chi connectivity index (χ0) is 24.8. The van der Waals surface area contributed by atoms with E-state index in [1.54, 1.807) is 48.3 Å². The van der Waals surface area contributed by atoms with E-state index in [0.29, 0.717) is 22.5 Å². The summed E-state index contributed by atoms with van der Waals surface area (Å²) in [5.41, 5.74) is -2.19. The average molecular weight is 472 g/mol. The highest BCUT2D eigenvalue weighted by Crippen LogP contribution is 2.61. The van der Waals surface area contributed by atoms with Gasteiger partial charge >= 0.3 is 17.5 Å². The van der Waals surface area contributed by atoms with E-state index in [0.717, 1.165) is 14.2 Å². The summed E-state index contributed by atoms with van der Waals surface area (Å²) in [5, 5.41) is 0. The Morgan fingerprint density at radius 2 is 1.37 bits per heavy atom. The molecule has 0 aliphatic carbocycles. The van der Waals surface area contributed by atoms with Gasteiger partial charge in [0.15, 0.2) is 6.23 Å². The van der Waals surface area contributed by atoms with Crippen LogP contribution in [0.1, 0.15) is 17.4 Å². The van der Waals surface area contributed by atoms with Gasteiger partial charge in [-0.3, -0.25) is 4.79 Å². The second kappa shape index (κ2) is 8.25. The number of hydrogen-bond donors (Lipinski definition) is 0. The van der Waals surface area contributed by atoms with Crippen LogP contribution in [-0.2, 0) is 34.1 Å². The minimum atomic E-state index is -2.45. The molecule has 2 aliphatic heterocycles. The van der Waals surface area contributed by atoms with Crippen molar-refractivity contribution in [2.45, 2.75) is 17.4 Å². The molecule has 0 unspecified atom stereocenters. The highest BCUT2D eigenvalue weighted by Gasteiger charge is 2.81. The van der Waals surface area contributed by atoms with Crippen molar-refractivity contribution in [2.24, 2.45) is 0 Å². The number of amides is 1. The Kier molecular flexibility index (Phi) is 5.33. The van der Waals surface area contributed by atoms with Crippen LogP contribution in [0.5, 0.6) is 0 Å². The van der Waals surface area contributed by atoms with E-state index in [2.05, 4.69) is 0 Å². The molecule has 0 bridgehead atoms. The number of carbonyl (C=O) groups excluding carboxylic acids is 3. The molecule has 1 amide bonds. The van der Waals surface area contributed by atoms with E-state index >= 15 is 0 Å². The first kappa shape index (κ1) is 22.6. The zero-order valence-corrected chi connectivity index (χ0v) is 19.5. The molecule has 2 atom stereocenters. The number of anilines is 2. The molecule has 8 nitrogen and oxygen atoms in total. The molecule has 0 aromatic heterocycles. The number of carbonyl (C=O) groups is 3. The lowest BCUT2D eigenvalue weighted by Gasteiger charge is -2.41. The third kappa shape index (κ3) is 2.80. The first-order valence-corrected chi connectivity index (χ1v) is 11.1. The fraction of sp³-hybridized carbons (Fsp3) is 0.222. The molecule has 2 heterocycles. The van der Waals surface area contributed by atoms with Crippen LogP contribution in [0.2, 0.25) is 0 Å². The fourth-order valence-corrected chi connectivity index (χ4v) is 5.28. The topological polar surface area (TPSA) is 85.4 Å². The predicted molar refractivity (Wildman–Crippen MR) is 127 cm³/mol. The molecule has 1 fully saturated rings. The second-order valence-electron chi connectivity index (χ2n) is 8.34. The summed E-state index contributed by atoms with van der Waals surface area (Å²) in [6.07, 6.45) is -1.000. The highest BCUT2D eigenvalue weighted by atomic mass is 16.6. The Hall–Kier alpha value is -4.17. The maximum atomic E-state index is 14.4. The summed E-state index contributed by atoms with van der Waals surface area (Å²) in [7, 11) is 3.91. The van der Waals surface area contributed by atoms with E-state index < -0.39 is 35.2 Å². The largest absolute Gasteiger partial charge is 0.466 e. The van der Waals surface area contributed by atoms with Gasteiger partial charge in [0.1, 0.15) is 0 Å². The van der Waals surface area contributed by atoms with Crippen LogP contribution in [0.25, 0.3) is 0 Å². The number of likely N-dealkylation sites (N-methyl/N-ethyl adjacent to an activating group) is 1. The Morgan fingerprint density at radius 3 is 1.97 bits per heavy atom. The molecule has 8 heteroatoms. The van der Waals surface area contributed by atoms with Crippen LogP contribution < -0.4 is 9.80 Å². The number of nitrogens with zero attached hydrogens (tertiary/aromatic N) is 2. The molecule has 5 rings (SSSR count). The van der Waals surface area contributed by atoms with Gasteiger partial charge in [0, 0.05) is 29.5 Å². The van der Waals surface area contributed by atoms with Crippen molar-refractivity contribution < 1.29 is 28.6 Å². The molecular weight excluding hydrogens is 448 g/mol. The molecule has 0 N–H and O–H groups in total. The monoisotopic (exact) mass is 472 g/mol. The summed E-state index contributed by atoms with van der Waals surface area (Å²) in [4.78, 5) is 44.9. The number of rotatable bonds is 4. The number of esters is 2. The van der Waals surface area contributed by atoms with E-state index in [1.165, 1.54) is 4.90 Å². The SMILES string of the molecule is COC(=O)C1(C(=O)OC)O[C@@H](c2ccccc2)N(c2ccccc2)[C@]12C(=O)N(C)c1ccccc12. The number of hydrogen-bond acceptors (Lipinski definition) is 7. The molecule has 3 aromatic rings. The normalized spacial score (nSPS) is 22.3. The predicted octanol–water partition coefficient (Wildman–Crippen LogP) is 3.18. The molecule has 3 aromatic carbocycles. The maximum Gasteiger partial charge on any atom is 0.353 e. The van der Waals surface area contributed by atoms with Crippen molar-refractivity contribution in [1.29, 1.82) is 0 Å². The Labute approximate surface area is 202 Å². The molecule has 35 heavy (non-hydrogen) atoms. The lowest BCUT2D eigenvalue weighted by atomic mass is 9.73. The first-order valence-electron chi connectivity index (χ1n) is 11.1. The van der Waals surface area contributed by atoms with Gasteiger partial charge in [-0.15, -0.1) is 0 Å². The summed E-state index contributed by atoms with van der Waals surface area (Å²) >= 11 is 0. The quantitative estimate of drug-likeness (QED) is 0.426. The number of para-hydroxylation sites is 2. The number of benzene rings is 3. The van der Waals surface area contributed by atoms with Crippen LogP contribution >= 0.6 is 0 Å². The van der Waals surface area contributed by atoms with Crippen LogP contribution in [0.4, 0.5) is 11.4 Å². The van der Waals surface area contributed by atoms with Crippen molar-refractivity contribution in [3.63, 3.8) is 0 Å². The van der Waals surface area contributed by atoms with Gasteiger partial charge in [0.05, 0.1) is 14.2 Å². The van der Waals surface area contributed by atoms with Gasteiger partial charge < -0.3 is 24.0 Å². The van der Waals surface area contributed by atoms with E-state index in [4.69, 9.17) is 14.2 Å². The van der Waals surface area contributed by atoms with Crippen LogP contribution in [0, 0.1) is 0 Å². The Balaban J connectivity index is 1.95. The van der Waals surface area contributed by atoms with E-state index in [-0.39, 0.29) is 0 Å². The fourth-order valence-electron chi connectivity index (χ4n) is 5.28. The van der Waals surface area contributed by atoms with Crippen molar-refractivity contribution >= 4 is 29.2 Å². The third-order valence-electron chi connectivity index (χ3n) is 6.73. The van der Waals surface area contributed by atoms with Gasteiger partial charge in [0.2, 0.25) is 5.54 Å². The summed E-state index contributed by atoms with van der Waals surface area (Å²) in [5.74, 6) is -2.57. The Bertz CT molecular complexity index is 1280. The smallest absolute Gasteiger partial charge is 0.353 e. The zero-order valence-electron chi connectivity index (χ0n) is 19.5. The molecule has 0 saturated carbocycles. The lowest BCUT2D eigenvalue weighted by molar-refractivity contribution is -0.193. The molecule has 1 saturated heterocycles. The standard InChI is InChI=1S/C27H24N2O6/c1-28-21-17-11-10-16-20(21)26(23(28)30)27(24(31)33-2,25(32)34-3)35-22(18-12-6-4-7-13-18)29(26)19-14-8-5-9-15-19/h4-17,22H,1-3H3/t22-,26+/m0/s1. The van der Waals surface area contributed by atoms with E-state index in [1.807, 2.05) is 48.5 Å². The summed E-state index contributed by atoms with van der Waals surface area (Å²) in [6.45, 7) is 0. The Morgan fingerprint density at radius 1 is 0.829 bits per heavy atom. The van der Waals surface area contributed by atoms with Gasteiger partial charge in [-0.2, -0.15) is 0 Å². The number of fused-ring (bicyclic) bond motifs is 2. The van der Waals surface area contributed by atoms with Gasteiger partial charge in [-0.25, -0.2) is 9.59 Å². The molecule has 0 radical (unpaired) electrons. The van der Waals surface area contributed by atoms with E-state index in [9.17, 15) is 14.4 Å². The minimum absolute atomic E-state index is 0.436. The molecule has 2 aliphatic rings. The molecule has 178 valence electrons. The average Bonchev–Trinajstić information content (AvgIpc) is 3.36. The summed E-state index contributed by atoms with van der Waals surface area (Å²) < 4.78 is 16.8. The summed E-state index contributed by atoms with van der Waals surface area (Å²) in [6, 6.07) is 25.2. The molecular formula is C27H24N2O6. The van der Waals surface area contributed by atoms with Crippen molar-refractivity contribution in [3.8, 4) is 0 Å². The number of methoxy groups -OCH3 is 2. The lowest BCUT2D eigenvalue weighted by Crippen LogP contribution is -2.68. The van der Waals surface area contributed by atoms with Gasteiger partial charge in [0.25, 0.3) is 5.91 Å². The molecule has 1 spiro atoms. The number of ether oxygens (including phenoxy) is 3. The van der Waals surface area contributed by atoms with Crippen molar-refractivity contribution in [2.75, 3.05) is 31.1 Å².